The molecule has 0 fully saturated rings. The summed E-state index contributed by atoms with van der Waals surface area (Å²) in [4.78, 5) is 39.0. The second-order valence-corrected chi connectivity index (χ2v) is 7.84. The number of carbonyl (C=O) groups is 3. The van der Waals surface area contributed by atoms with E-state index in [-0.39, 0.29) is 24.9 Å². The summed E-state index contributed by atoms with van der Waals surface area (Å²) in [5.41, 5.74) is 2.98. The Morgan fingerprint density at radius 1 is 1.00 bits per heavy atom. The van der Waals surface area contributed by atoms with Crippen LogP contribution in [0, 0.1) is 20.8 Å². The minimum atomic E-state index is -0.483. The molecule has 0 aliphatic rings. The Hall–Kier alpha value is -2.71. The molecule has 2 N–H and O–H groups in total. The van der Waals surface area contributed by atoms with Crippen molar-refractivity contribution in [3.05, 3.63) is 45.8 Å². The van der Waals surface area contributed by atoms with Crippen LogP contribution < -0.4 is 10.6 Å². The molecule has 0 aliphatic carbocycles. The lowest BCUT2D eigenvalue weighted by Crippen LogP contribution is -2.36. The summed E-state index contributed by atoms with van der Waals surface area (Å²) in [7, 11) is 2.99. The Morgan fingerprint density at radius 2 is 1.57 bits per heavy atom. The van der Waals surface area contributed by atoms with Crippen LogP contribution in [0.5, 0.6) is 0 Å². The molecule has 2 aromatic rings. The molecule has 1 aromatic heterocycles. The van der Waals surface area contributed by atoms with E-state index >= 15 is 0 Å². The standard InChI is InChI=1S/C20H25N3O4S/c1-12-6-8-15(9-7-12)21-16(24)10-23(4)11-17(25)22-19-18(20(26)27-5)13(2)14(3)28-19/h6-9H,10-11H2,1-5H3,(H,21,24)(H,22,25). The van der Waals surface area contributed by atoms with Crippen molar-refractivity contribution in [2.45, 2.75) is 20.8 Å². The number of hydrogen-bond donors (Lipinski definition) is 2. The monoisotopic (exact) mass is 403 g/mol. The summed E-state index contributed by atoms with van der Waals surface area (Å²) < 4.78 is 4.80. The highest BCUT2D eigenvalue weighted by Gasteiger charge is 2.22. The number of aryl methyl sites for hydroxylation is 2. The molecule has 2 amide bonds. The van der Waals surface area contributed by atoms with Crippen LogP contribution in [0.15, 0.2) is 24.3 Å². The lowest BCUT2D eigenvalue weighted by Gasteiger charge is -2.16. The fourth-order valence-corrected chi connectivity index (χ4v) is 3.68. The molecule has 1 heterocycles. The number of hydrogen-bond acceptors (Lipinski definition) is 6. The van der Waals surface area contributed by atoms with Gasteiger partial charge < -0.3 is 15.4 Å². The molecule has 0 radical (unpaired) electrons. The molecular formula is C20H25N3O4S. The Bertz CT molecular complexity index is 874. The highest BCUT2D eigenvalue weighted by molar-refractivity contribution is 7.16. The Morgan fingerprint density at radius 3 is 2.14 bits per heavy atom. The molecular weight excluding hydrogens is 378 g/mol. The van der Waals surface area contributed by atoms with E-state index < -0.39 is 5.97 Å². The van der Waals surface area contributed by atoms with Gasteiger partial charge in [-0.05, 0) is 45.5 Å². The first kappa shape index (κ1) is 21.6. The number of carbonyl (C=O) groups excluding carboxylic acids is 3. The third kappa shape index (κ3) is 5.64. The van der Waals surface area contributed by atoms with E-state index in [9.17, 15) is 14.4 Å². The third-order valence-corrected chi connectivity index (χ3v) is 5.31. The maximum absolute atomic E-state index is 12.4. The van der Waals surface area contributed by atoms with Crippen molar-refractivity contribution >= 4 is 39.8 Å². The zero-order valence-corrected chi connectivity index (χ0v) is 17.5. The second-order valence-electron chi connectivity index (χ2n) is 6.61. The van der Waals surface area contributed by atoms with Gasteiger partial charge in [0, 0.05) is 10.6 Å². The molecule has 0 spiro atoms. The Balaban J connectivity index is 1.92. The number of thiophene rings is 1. The zero-order chi connectivity index (χ0) is 20.8. The van der Waals surface area contributed by atoms with E-state index in [1.807, 2.05) is 45.0 Å². The fraction of sp³-hybridized carbons (Fsp3) is 0.350. The van der Waals surface area contributed by atoms with Gasteiger partial charge in [0.25, 0.3) is 0 Å². The van der Waals surface area contributed by atoms with Crippen LogP contribution in [-0.4, -0.2) is 49.9 Å². The van der Waals surface area contributed by atoms with Crippen molar-refractivity contribution < 1.29 is 19.1 Å². The fourth-order valence-electron chi connectivity index (χ4n) is 2.61. The molecule has 8 heteroatoms. The number of amides is 2. The molecule has 0 bridgehead atoms. The minimum absolute atomic E-state index is 0.0118. The molecule has 0 saturated heterocycles. The zero-order valence-electron chi connectivity index (χ0n) is 16.7. The quantitative estimate of drug-likeness (QED) is 0.694. The Kier molecular flexibility index (Phi) is 7.31. The van der Waals surface area contributed by atoms with Crippen molar-refractivity contribution in [1.82, 2.24) is 4.90 Å². The summed E-state index contributed by atoms with van der Waals surface area (Å²) in [6.07, 6.45) is 0. The highest BCUT2D eigenvalue weighted by Crippen LogP contribution is 2.32. The van der Waals surface area contributed by atoms with E-state index in [1.165, 1.54) is 18.4 Å². The molecule has 2 rings (SSSR count). The van der Waals surface area contributed by atoms with E-state index in [4.69, 9.17) is 4.74 Å². The van der Waals surface area contributed by atoms with Crippen LogP contribution in [0.3, 0.4) is 0 Å². The van der Waals surface area contributed by atoms with Gasteiger partial charge in [-0.1, -0.05) is 17.7 Å². The lowest BCUT2D eigenvalue weighted by atomic mass is 10.1. The average molecular weight is 404 g/mol. The van der Waals surface area contributed by atoms with Crippen molar-refractivity contribution in [2.24, 2.45) is 0 Å². The van der Waals surface area contributed by atoms with Crippen LogP contribution in [0.4, 0.5) is 10.7 Å². The number of esters is 1. The van der Waals surface area contributed by atoms with E-state index in [0.29, 0.717) is 16.3 Å². The summed E-state index contributed by atoms with van der Waals surface area (Å²) in [5, 5.41) is 6.01. The normalized spacial score (nSPS) is 10.6. The molecule has 0 unspecified atom stereocenters. The number of methoxy groups -OCH3 is 1. The summed E-state index contributed by atoms with van der Waals surface area (Å²) in [6.45, 7) is 5.74. The van der Waals surface area contributed by atoms with E-state index in [1.54, 1.807) is 11.9 Å². The minimum Gasteiger partial charge on any atom is -0.465 e. The summed E-state index contributed by atoms with van der Waals surface area (Å²) >= 11 is 1.33. The van der Waals surface area contributed by atoms with Crippen molar-refractivity contribution in [3.63, 3.8) is 0 Å². The first-order chi connectivity index (χ1) is 13.2. The maximum atomic E-state index is 12.4. The Labute approximate surface area is 168 Å². The number of nitrogens with one attached hydrogen (secondary N) is 2. The van der Waals surface area contributed by atoms with Crippen LogP contribution in [0.1, 0.15) is 26.4 Å². The number of anilines is 2. The van der Waals surface area contributed by atoms with Gasteiger partial charge in [-0.15, -0.1) is 11.3 Å². The average Bonchev–Trinajstić information content (AvgIpc) is 2.89. The van der Waals surface area contributed by atoms with Gasteiger partial charge in [-0.25, -0.2) is 4.79 Å². The SMILES string of the molecule is COC(=O)c1c(NC(=O)CN(C)CC(=O)Nc2ccc(C)cc2)sc(C)c1C. The predicted molar refractivity (Wildman–Crippen MR) is 111 cm³/mol. The summed E-state index contributed by atoms with van der Waals surface area (Å²) in [6, 6.07) is 7.48. The number of likely N-dealkylation sites (N-methyl/N-ethyl adjacent to an activating group) is 1. The molecule has 0 aliphatic heterocycles. The second kappa shape index (κ2) is 9.48. The molecule has 0 saturated carbocycles. The lowest BCUT2D eigenvalue weighted by molar-refractivity contribution is -0.119. The molecule has 7 nitrogen and oxygen atoms in total. The largest absolute Gasteiger partial charge is 0.465 e. The number of rotatable bonds is 7. The number of benzene rings is 1. The van der Waals surface area contributed by atoms with Gasteiger partial charge in [0.05, 0.1) is 25.8 Å². The van der Waals surface area contributed by atoms with Crippen LogP contribution in [0.25, 0.3) is 0 Å². The van der Waals surface area contributed by atoms with Crippen molar-refractivity contribution in [3.8, 4) is 0 Å². The number of ether oxygens (including phenoxy) is 1. The predicted octanol–water partition coefficient (Wildman–Crippen LogP) is 2.97. The topological polar surface area (TPSA) is 87.7 Å². The maximum Gasteiger partial charge on any atom is 0.341 e. The van der Waals surface area contributed by atoms with Gasteiger partial charge in [-0.2, -0.15) is 0 Å². The van der Waals surface area contributed by atoms with Crippen molar-refractivity contribution in [1.29, 1.82) is 0 Å². The molecule has 150 valence electrons. The van der Waals surface area contributed by atoms with Gasteiger partial charge in [-0.3, -0.25) is 14.5 Å². The highest BCUT2D eigenvalue weighted by atomic mass is 32.1. The van der Waals surface area contributed by atoms with E-state index in [2.05, 4.69) is 10.6 Å². The number of nitrogens with zero attached hydrogens (tertiary/aromatic N) is 1. The van der Waals surface area contributed by atoms with Crippen LogP contribution >= 0.6 is 11.3 Å². The first-order valence-electron chi connectivity index (χ1n) is 8.74. The van der Waals surface area contributed by atoms with Gasteiger partial charge in [0.2, 0.25) is 11.8 Å². The van der Waals surface area contributed by atoms with E-state index in [0.717, 1.165) is 16.0 Å². The summed E-state index contributed by atoms with van der Waals surface area (Å²) in [5.74, 6) is -1.00. The van der Waals surface area contributed by atoms with Crippen molar-refractivity contribution in [2.75, 3.05) is 37.9 Å². The van der Waals surface area contributed by atoms with Gasteiger partial charge >= 0.3 is 5.97 Å². The van der Waals surface area contributed by atoms with Crippen LogP contribution in [0.2, 0.25) is 0 Å². The van der Waals surface area contributed by atoms with Gasteiger partial charge in [0.1, 0.15) is 5.00 Å². The first-order valence-corrected chi connectivity index (χ1v) is 9.56. The smallest absolute Gasteiger partial charge is 0.341 e. The third-order valence-electron chi connectivity index (χ3n) is 4.19. The molecule has 28 heavy (non-hydrogen) atoms. The van der Waals surface area contributed by atoms with Gasteiger partial charge in [0.15, 0.2) is 0 Å². The molecule has 1 aromatic carbocycles. The van der Waals surface area contributed by atoms with Crippen LogP contribution in [-0.2, 0) is 14.3 Å². The molecule has 0 atom stereocenters.